The largest absolute Gasteiger partial charge is 0.279 e. The lowest BCUT2D eigenvalue weighted by atomic mass is 10.6. The van der Waals surface area contributed by atoms with Gasteiger partial charge in [-0.2, -0.15) is 5.10 Å². The number of rotatable bonds is 2. The molecular weight excluding hydrogens is 280 g/mol. The molecule has 2 aromatic rings. The maximum absolute atomic E-state index is 11.2. The average Bonchev–Trinajstić information content (AvgIpc) is 2.26. The van der Waals surface area contributed by atoms with Gasteiger partial charge in [0.25, 0.3) is 5.56 Å². The minimum Gasteiger partial charge on any atom is -0.267 e. The molecule has 0 radical (unpaired) electrons. The third-order valence-electron chi connectivity index (χ3n) is 1.51. The summed E-state index contributed by atoms with van der Waals surface area (Å²) in [5, 5.41) is 6.59. The van der Waals surface area contributed by atoms with Crippen molar-refractivity contribution in [1.82, 2.24) is 20.2 Å². The minimum absolute atomic E-state index is 0.268. The fourth-order valence-corrected chi connectivity index (χ4v) is 2.02. The first-order valence-corrected chi connectivity index (χ1v) is 5.56. The maximum atomic E-state index is 11.2. The first-order chi connectivity index (χ1) is 7.27. The Balaban J connectivity index is 2.33. The average molecular weight is 285 g/mol. The van der Waals surface area contributed by atoms with Gasteiger partial charge in [-0.1, -0.05) is 0 Å². The highest BCUT2D eigenvalue weighted by Gasteiger charge is 2.07. The molecule has 0 aliphatic heterocycles. The predicted octanol–water partition coefficient (Wildman–Crippen LogP) is 1.47. The van der Waals surface area contributed by atoms with Gasteiger partial charge in [-0.05, 0) is 33.8 Å². The van der Waals surface area contributed by atoms with E-state index in [1.54, 1.807) is 24.7 Å². The molecule has 0 aliphatic rings. The molecule has 0 saturated carbocycles. The third-order valence-corrected chi connectivity index (χ3v) is 3.48. The summed E-state index contributed by atoms with van der Waals surface area (Å²) in [4.78, 5) is 20.0. The van der Waals surface area contributed by atoms with Gasteiger partial charge in [0.2, 0.25) is 0 Å². The van der Waals surface area contributed by atoms with Crippen LogP contribution >= 0.6 is 27.7 Å². The van der Waals surface area contributed by atoms with E-state index >= 15 is 0 Å². The van der Waals surface area contributed by atoms with Gasteiger partial charge in [0.05, 0.1) is 15.6 Å². The highest BCUT2D eigenvalue weighted by atomic mass is 79.9. The Morgan fingerprint density at radius 3 is 2.80 bits per heavy atom. The molecule has 0 atom stereocenters. The first kappa shape index (κ1) is 10.3. The van der Waals surface area contributed by atoms with E-state index in [1.165, 1.54) is 11.8 Å². The topological polar surface area (TPSA) is 71.5 Å². The Labute approximate surface area is 97.5 Å². The molecule has 76 valence electrons. The van der Waals surface area contributed by atoms with E-state index in [2.05, 4.69) is 36.1 Å². The van der Waals surface area contributed by atoms with Crippen molar-refractivity contribution in [3.05, 3.63) is 39.5 Å². The minimum atomic E-state index is -0.268. The van der Waals surface area contributed by atoms with Crippen LogP contribution in [0.25, 0.3) is 0 Å². The van der Waals surface area contributed by atoms with Crippen LogP contribution in [-0.2, 0) is 0 Å². The van der Waals surface area contributed by atoms with Crippen molar-refractivity contribution in [3.8, 4) is 0 Å². The normalized spacial score (nSPS) is 10.2. The van der Waals surface area contributed by atoms with Crippen molar-refractivity contribution in [2.24, 2.45) is 0 Å². The maximum Gasteiger partial charge on any atom is 0.279 e. The molecule has 1 N–H and O–H groups in total. The smallest absolute Gasteiger partial charge is 0.267 e. The van der Waals surface area contributed by atoms with Gasteiger partial charge in [0.15, 0.2) is 5.16 Å². The van der Waals surface area contributed by atoms with Crippen LogP contribution in [0, 0.1) is 0 Å². The van der Waals surface area contributed by atoms with Crippen LogP contribution in [0.4, 0.5) is 0 Å². The van der Waals surface area contributed by atoms with Gasteiger partial charge in [-0.25, -0.2) is 15.1 Å². The van der Waals surface area contributed by atoms with Gasteiger partial charge in [-0.15, -0.1) is 0 Å². The van der Waals surface area contributed by atoms with E-state index in [-0.39, 0.29) is 5.56 Å². The summed E-state index contributed by atoms with van der Waals surface area (Å²) < 4.78 is 0.440. The van der Waals surface area contributed by atoms with Crippen LogP contribution in [0.5, 0.6) is 0 Å². The molecule has 0 saturated heterocycles. The van der Waals surface area contributed by atoms with Crippen molar-refractivity contribution in [2.75, 3.05) is 0 Å². The summed E-state index contributed by atoms with van der Waals surface area (Å²) in [6, 6.07) is 1.73. The van der Waals surface area contributed by atoms with Gasteiger partial charge < -0.3 is 0 Å². The lowest BCUT2D eigenvalue weighted by molar-refractivity contribution is 0.930. The standard InChI is InChI=1S/C8H5BrN4OS/c9-6-5(4-12-13-7(6)14)15-8-10-2-1-3-11-8/h1-4H,(H,13,14). The summed E-state index contributed by atoms with van der Waals surface area (Å²) in [5.74, 6) is 0. The number of hydrogen-bond acceptors (Lipinski definition) is 5. The van der Waals surface area contributed by atoms with Gasteiger partial charge in [0.1, 0.15) is 0 Å². The van der Waals surface area contributed by atoms with Crippen molar-refractivity contribution in [2.45, 2.75) is 10.1 Å². The SMILES string of the molecule is O=c1[nH]ncc(Sc2ncccn2)c1Br. The Morgan fingerprint density at radius 2 is 2.07 bits per heavy atom. The van der Waals surface area contributed by atoms with Crippen molar-refractivity contribution < 1.29 is 0 Å². The summed E-state index contributed by atoms with van der Waals surface area (Å²) >= 11 is 4.45. The zero-order valence-electron chi connectivity index (χ0n) is 7.35. The first-order valence-electron chi connectivity index (χ1n) is 3.95. The number of halogens is 1. The fraction of sp³-hybridized carbons (Fsp3) is 0. The van der Waals surface area contributed by atoms with E-state index < -0.39 is 0 Å². The highest BCUT2D eigenvalue weighted by Crippen LogP contribution is 2.27. The molecule has 15 heavy (non-hydrogen) atoms. The van der Waals surface area contributed by atoms with Crippen LogP contribution < -0.4 is 5.56 Å². The van der Waals surface area contributed by atoms with Gasteiger partial charge in [-0.3, -0.25) is 4.79 Å². The van der Waals surface area contributed by atoms with Crippen molar-refractivity contribution >= 4 is 27.7 Å². The molecular formula is C8H5BrN4OS. The summed E-state index contributed by atoms with van der Waals surface area (Å²) in [6.07, 6.45) is 4.83. The third kappa shape index (κ3) is 2.42. The Morgan fingerprint density at radius 1 is 1.33 bits per heavy atom. The van der Waals surface area contributed by atoms with Crippen LogP contribution in [-0.4, -0.2) is 20.2 Å². The molecule has 2 rings (SSSR count). The molecule has 7 heteroatoms. The molecule has 2 heterocycles. The number of hydrogen-bond donors (Lipinski definition) is 1. The Kier molecular flexibility index (Phi) is 3.12. The fourth-order valence-electron chi connectivity index (χ4n) is 0.875. The quantitative estimate of drug-likeness (QED) is 0.846. The Bertz CT molecular complexity index is 516. The lowest BCUT2D eigenvalue weighted by Crippen LogP contribution is -2.08. The summed E-state index contributed by atoms with van der Waals surface area (Å²) in [7, 11) is 0. The molecule has 0 amide bonds. The Hall–Kier alpha value is -1.21. The molecule has 5 nitrogen and oxygen atoms in total. The van der Waals surface area contributed by atoms with Crippen LogP contribution in [0.1, 0.15) is 0 Å². The highest BCUT2D eigenvalue weighted by molar-refractivity contribution is 9.10. The van der Waals surface area contributed by atoms with E-state index in [4.69, 9.17) is 0 Å². The second-order valence-electron chi connectivity index (χ2n) is 2.51. The van der Waals surface area contributed by atoms with E-state index in [0.29, 0.717) is 14.5 Å². The van der Waals surface area contributed by atoms with Crippen molar-refractivity contribution in [3.63, 3.8) is 0 Å². The molecule has 0 bridgehead atoms. The lowest BCUT2D eigenvalue weighted by Gasteiger charge is -1.99. The number of aromatic nitrogens is 4. The molecule has 0 aliphatic carbocycles. The monoisotopic (exact) mass is 284 g/mol. The summed E-state index contributed by atoms with van der Waals surface area (Å²) in [6.45, 7) is 0. The van der Waals surface area contributed by atoms with E-state index in [0.717, 1.165) is 0 Å². The molecule has 0 unspecified atom stereocenters. The molecule has 0 spiro atoms. The predicted molar refractivity (Wildman–Crippen MR) is 58.7 cm³/mol. The van der Waals surface area contributed by atoms with E-state index in [1.807, 2.05) is 0 Å². The van der Waals surface area contributed by atoms with Gasteiger partial charge >= 0.3 is 0 Å². The second-order valence-corrected chi connectivity index (χ2v) is 4.31. The number of nitrogens with one attached hydrogen (secondary N) is 1. The van der Waals surface area contributed by atoms with Crippen molar-refractivity contribution in [1.29, 1.82) is 0 Å². The number of aromatic amines is 1. The van der Waals surface area contributed by atoms with Crippen LogP contribution in [0.3, 0.4) is 0 Å². The van der Waals surface area contributed by atoms with Gasteiger partial charge in [0, 0.05) is 12.4 Å². The molecule has 2 aromatic heterocycles. The van der Waals surface area contributed by atoms with Crippen LogP contribution in [0.2, 0.25) is 0 Å². The number of H-pyrrole nitrogens is 1. The second kappa shape index (κ2) is 4.54. The summed E-state index contributed by atoms with van der Waals surface area (Å²) in [5.41, 5.74) is -0.268. The molecule has 0 fully saturated rings. The zero-order chi connectivity index (χ0) is 10.7. The zero-order valence-corrected chi connectivity index (χ0v) is 9.75. The van der Waals surface area contributed by atoms with E-state index in [9.17, 15) is 4.79 Å². The van der Waals surface area contributed by atoms with Crippen LogP contribution in [0.15, 0.2) is 44.0 Å². The molecule has 0 aromatic carbocycles. The number of nitrogens with zero attached hydrogens (tertiary/aromatic N) is 3.